The zero-order chi connectivity index (χ0) is 4.12. The van der Waals surface area contributed by atoms with Crippen LogP contribution in [-0.2, 0) is 4.89 Å². The average molecular weight is 76.0 g/mol. The van der Waals surface area contributed by atoms with Gasteiger partial charge in [0.05, 0.1) is 0 Å². The van der Waals surface area contributed by atoms with Crippen molar-refractivity contribution in [1.29, 1.82) is 0 Å². The van der Waals surface area contributed by atoms with Crippen molar-refractivity contribution in [3.8, 4) is 12.3 Å². The Bertz CT molecular complexity index is 59.8. The molecule has 0 unspecified atom stereocenters. The van der Waals surface area contributed by atoms with Crippen molar-refractivity contribution >= 4 is 0 Å². The van der Waals surface area contributed by atoms with E-state index in [4.69, 9.17) is 5.26 Å². The summed E-state index contributed by atoms with van der Waals surface area (Å²) in [5.74, 6) is 0. The van der Waals surface area contributed by atoms with Crippen molar-refractivity contribution in [2.75, 3.05) is 0 Å². The van der Waals surface area contributed by atoms with Gasteiger partial charge >= 0.3 is 0 Å². The van der Waals surface area contributed by atoms with Crippen LogP contribution in [0.5, 0.6) is 0 Å². The van der Waals surface area contributed by atoms with Gasteiger partial charge in [-0.05, 0) is 0 Å². The fourth-order valence-corrected chi connectivity index (χ4v) is 0.0173. The van der Waals surface area contributed by atoms with Crippen LogP contribution < -0.4 is 0 Å². The minimum atomic E-state index is 0.795. The molecule has 0 saturated carbocycles. The molecule has 0 radical (unpaired) electrons. The first-order valence-corrected chi connectivity index (χ1v) is 0.826. The van der Waals surface area contributed by atoms with Crippen LogP contribution in [0.3, 0.4) is 0 Å². The molecule has 0 heterocycles. The summed E-state index contributed by atoms with van der Waals surface area (Å²) in [6.45, 7) is 0. The minimum absolute atomic E-state index is 0.795. The van der Waals surface area contributed by atoms with Crippen LogP contribution in [0, 0.1) is 12.3 Å². The Labute approximate surface area is 28.1 Å². The Hall–Kier alpha value is -0.750. The maximum atomic E-state index is 10.3. The zero-order valence-electron chi connectivity index (χ0n) is 2.23. The Morgan fingerprint density at radius 1 is 1.80 bits per heavy atom. The quantitative estimate of drug-likeness (QED) is 0.256. The molecular weight excluding hydrogens is 75.0 g/mol. The van der Waals surface area contributed by atoms with Gasteiger partial charge in [-0.1, -0.05) is 0 Å². The van der Waals surface area contributed by atoms with Crippen molar-refractivity contribution in [2.24, 2.45) is 0 Å². The standard InChI is InChI=1S/C2HFO2/c3-1-2-5-4/h4H. The van der Waals surface area contributed by atoms with E-state index in [1.54, 1.807) is 0 Å². The largest absolute Gasteiger partial charge is 0.282 e. The maximum absolute atomic E-state index is 10.3. The molecule has 0 aromatic carbocycles. The van der Waals surface area contributed by atoms with Crippen molar-refractivity contribution < 1.29 is 14.5 Å². The lowest BCUT2D eigenvalue weighted by molar-refractivity contribution is -0.172. The number of hydrogen-bond acceptors (Lipinski definition) is 2. The van der Waals surface area contributed by atoms with E-state index in [2.05, 4.69) is 4.89 Å². The lowest BCUT2D eigenvalue weighted by Crippen LogP contribution is -1.60. The van der Waals surface area contributed by atoms with Crippen LogP contribution in [0.4, 0.5) is 4.39 Å². The predicted octanol–water partition coefficient (Wildman–Crippen LogP) is 0.364. The lowest BCUT2D eigenvalue weighted by Gasteiger charge is -1.63. The van der Waals surface area contributed by atoms with E-state index in [9.17, 15) is 4.39 Å². The van der Waals surface area contributed by atoms with Crippen LogP contribution in [0.1, 0.15) is 0 Å². The molecule has 0 bridgehead atoms. The second-order valence-corrected chi connectivity index (χ2v) is 0.288. The monoisotopic (exact) mass is 76.0 g/mol. The second-order valence-electron chi connectivity index (χ2n) is 0.288. The summed E-state index contributed by atoms with van der Waals surface area (Å²) < 4.78 is 10.3. The van der Waals surface area contributed by atoms with Crippen LogP contribution in [0.2, 0.25) is 0 Å². The van der Waals surface area contributed by atoms with E-state index < -0.39 is 0 Å². The van der Waals surface area contributed by atoms with Crippen LogP contribution >= 0.6 is 0 Å². The summed E-state index contributed by atoms with van der Waals surface area (Å²) >= 11 is 0. The molecule has 2 nitrogen and oxygen atoms in total. The van der Waals surface area contributed by atoms with Gasteiger partial charge in [-0.3, -0.25) is 4.89 Å². The van der Waals surface area contributed by atoms with Gasteiger partial charge < -0.3 is 0 Å². The molecule has 0 saturated heterocycles. The predicted molar refractivity (Wildman–Crippen MR) is 12.6 cm³/mol. The normalized spacial score (nSPS) is 4.40. The molecule has 5 heavy (non-hydrogen) atoms. The highest BCUT2D eigenvalue weighted by atomic mass is 19.1. The van der Waals surface area contributed by atoms with Gasteiger partial charge in [-0.15, -0.1) is 4.39 Å². The third-order valence-corrected chi connectivity index (χ3v) is 0.0842. The first-order chi connectivity index (χ1) is 2.41. The molecule has 0 atom stereocenters. The van der Waals surface area contributed by atoms with E-state index >= 15 is 0 Å². The fraction of sp³-hybridized carbons (Fsp3) is 0. The van der Waals surface area contributed by atoms with Crippen molar-refractivity contribution in [3.05, 3.63) is 0 Å². The van der Waals surface area contributed by atoms with Gasteiger partial charge in [0.25, 0.3) is 0 Å². The van der Waals surface area contributed by atoms with Gasteiger partial charge in [0.15, 0.2) is 12.3 Å². The molecular formula is C2HFO2. The molecule has 0 aromatic rings. The zero-order valence-corrected chi connectivity index (χ0v) is 2.23. The van der Waals surface area contributed by atoms with E-state index in [0.29, 0.717) is 0 Å². The molecule has 3 heteroatoms. The Balaban J connectivity index is 2.81. The van der Waals surface area contributed by atoms with Crippen molar-refractivity contribution in [1.82, 2.24) is 0 Å². The van der Waals surface area contributed by atoms with E-state index in [-0.39, 0.29) is 0 Å². The summed E-state index contributed by atoms with van der Waals surface area (Å²) in [5.41, 5.74) is 0. The fourth-order valence-electron chi connectivity index (χ4n) is 0.0173. The van der Waals surface area contributed by atoms with Crippen molar-refractivity contribution in [3.63, 3.8) is 0 Å². The van der Waals surface area contributed by atoms with Gasteiger partial charge in [0.1, 0.15) is 0 Å². The van der Waals surface area contributed by atoms with Gasteiger partial charge in [-0.2, -0.15) is 5.26 Å². The first kappa shape index (κ1) is 4.25. The highest BCUT2D eigenvalue weighted by Crippen LogP contribution is 1.52. The molecule has 0 aliphatic carbocycles. The second kappa shape index (κ2) is 3.25. The molecule has 0 amide bonds. The summed E-state index contributed by atoms with van der Waals surface area (Å²) in [4.78, 5) is 2.95. The third-order valence-electron chi connectivity index (χ3n) is 0.0842. The van der Waals surface area contributed by atoms with Gasteiger partial charge in [0.2, 0.25) is 0 Å². The number of hydrogen-bond donors (Lipinski definition) is 1. The molecule has 0 aromatic heterocycles. The Kier molecular flexibility index (Phi) is 2.76. The highest BCUT2D eigenvalue weighted by Gasteiger charge is 1.50. The lowest BCUT2D eigenvalue weighted by atomic mass is 11.3. The summed E-state index contributed by atoms with van der Waals surface area (Å²) in [6.07, 6.45) is 2.05. The summed E-state index contributed by atoms with van der Waals surface area (Å²) in [6, 6.07) is 0. The van der Waals surface area contributed by atoms with Crippen LogP contribution in [0.25, 0.3) is 0 Å². The van der Waals surface area contributed by atoms with Crippen LogP contribution in [-0.4, -0.2) is 5.26 Å². The number of rotatable bonds is 0. The van der Waals surface area contributed by atoms with Gasteiger partial charge in [0, 0.05) is 0 Å². The topological polar surface area (TPSA) is 29.5 Å². The molecule has 0 fully saturated rings. The van der Waals surface area contributed by atoms with E-state index in [1.165, 1.54) is 6.11 Å². The van der Waals surface area contributed by atoms with Crippen molar-refractivity contribution in [2.45, 2.75) is 0 Å². The summed E-state index contributed by atoms with van der Waals surface area (Å²) in [7, 11) is 0. The summed E-state index contributed by atoms with van der Waals surface area (Å²) in [5, 5.41) is 7.15. The maximum Gasteiger partial charge on any atom is 0.193 e. The van der Waals surface area contributed by atoms with E-state index in [0.717, 1.165) is 6.17 Å². The molecule has 0 aliphatic heterocycles. The SMILES string of the molecule is OOC#CF. The highest BCUT2D eigenvalue weighted by molar-refractivity contribution is 4.75. The smallest absolute Gasteiger partial charge is 0.193 e. The van der Waals surface area contributed by atoms with Gasteiger partial charge in [-0.25, -0.2) is 0 Å². The Morgan fingerprint density at radius 2 is 2.40 bits per heavy atom. The Morgan fingerprint density at radius 3 is 2.40 bits per heavy atom. The molecule has 28 valence electrons. The molecule has 0 aliphatic rings. The third kappa shape index (κ3) is 3.25. The van der Waals surface area contributed by atoms with E-state index in [1.807, 2.05) is 0 Å². The molecule has 1 N–H and O–H groups in total. The average Bonchev–Trinajstić information content (AvgIpc) is 1.41. The minimum Gasteiger partial charge on any atom is -0.282 e. The molecule has 0 spiro atoms. The molecule has 0 rings (SSSR count). The number of halogens is 1. The van der Waals surface area contributed by atoms with Crippen LogP contribution in [0.15, 0.2) is 0 Å². The first-order valence-electron chi connectivity index (χ1n) is 0.826.